The Bertz CT molecular complexity index is 1060. The van der Waals surface area contributed by atoms with Gasteiger partial charge in [-0.05, 0) is 30.3 Å². The number of hydrogen-bond acceptors (Lipinski definition) is 4. The van der Waals surface area contributed by atoms with Gasteiger partial charge in [0.1, 0.15) is 11.3 Å². The van der Waals surface area contributed by atoms with Crippen molar-refractivity contribution in [3.05, 3.63) is 59.9 Å². The third-order valence-corrected chi connectivity index (χ3v) is 4.60. The van der Waals surface area contributed by atoms with Gasteiger partial charge in [-0.15, -0.1) is 0 Å². The van der Waals surface area contributed by atoms with Crippen LogP contribution in [0.1, 0.15) is 10.6 Å². The van der Waals surface area contributed by atoms with E-state index in [1.54, 1.807) is 12.1 Å². The van der Waals surface area contributed by atoms with Crippen LogP contribution >= 0.6 is 0 Å². The summed E-state index contributed by atoms with van der Waals surface area (Å²) in [5.74, 6) is -3.86. The zero-order valence-corrected chi connectivity index (χ0v) is 12.7. The molecule has 0 saturated heterocycles. The van der Waals surface area contributed by atoms with Gasteiger partial charge >= 0.3 is 0 Å². The van der Waals surface area contributed by atoms with Crippen LogP contribution in [0.2, 0.25) is 0 Å². The Hall–Kier alpha value is -2.94. The van der Waals surface area contributed by atoms with Crippen LogP contribution in [0.5, 0.6) is 0 Å². The lowest BCUT2D eigenvalue weighted by molar-refractivity contribution is 0.0977. The number of amides is 1. The number of primary amides is 1. The van der Waals surface area contributed by atoms with Gasteiger partial charge in [-0.1, -0.05) is 12.1 Å². The molecule has 0 unspecified atom stereocenters. The van der Waals surface area contributed by atoms with E-state index in [4.69, 9.17) is 10.2 Å². The second-order valence-electron chi connectivity index (χ2n) is 4.85. The highest BCUT2D eigenvalue weighted by atomic mass is 32.2. The number of anilines is 1. The summed E-state index contributed by atoms with van der Waals surface area (Å²) in [5.41, 5.74) is 5.28. The molecule has 0 saturated carbocycles. The monoisotopic (exact) mass is 352 g/mol. The molecule has 3 aromatic rings. The summed E-state index contributed by atoms with van der Waals surface area (Å²) in [5, 5.41) is 0.303. The number of nitrogens with two attached hydrogens (primary N) is 1. The number of halogens is 2. The Kier molecular flexibility index (Phi) is 3.72. The minimum Gasteiger partial charge on any atom is -0.449 e. The van der Waals surface area contributed by atoms with E-state index >= 15 is 0 Å². The smallest absolute Gasteiger partial charge is 0.286 e. The maximum atomic E-state index is 13.3. The largest absolute Gasteiger partial charge is 0.449 e. The fourth-order valence-electron chi connectivity index (χ4n) is 2.16. The summed E-state index contributed by atoms with van der Waals surface area (Å²) in [7, 11) is -4.29. The molecule has 3 N–H and O–H groups in total. The van der Waals surface area contributed by atoms with Crippen LogP contribution in [0.25, 0.3) is 11.0 Å². The zero-order valence-electron chi connectivity index (χ0n) is 11.9. The van der Waals surface area contributed by atoms with E-state index in [1.165, 1.54) is 12.1 Å². The predicted molar refractivity (Wildman–Crippen MR) is 81.9 cm³/mol. The topological polar surface area (TPSA) is 102 Å². The van der Waals surface area contributed by atoms with Crippen molar-refractivity contribution >= 4 is 32.6 Å². The van der Waals surface area contributed by atoms with Gasteiger partial charge in [0.15, 0.2) is 11.6 Å². The van der Waals surface area contributed by atoms with Gasteiger partial charge < -0.3 is 10.2 Å². The lowest BCUT2D eigenvalue weighted by atomic mass is 10.2. The van der Waals surface area contributed by atoms with Crippen LogP contribution in [0.3, 0.4) is 0 Å². The van der Waals surface area contributed by atoms with Crippen LogP contribution in [-0.4, -0.2) is 14.3 Å². The summed E-state index contributed by atoms with van der Waals surface area (Å²) in [6.45, 7) is 0. The Morgan fingerprint density at radius 1 is 1.08 bits per heavy atom. The quantitative estimate of drug-likeness (QED) is 0.753. The number of nitrogens with one attached hydrogen (secondary N) is 1. The van der Waals surface area contributed by atoms with Crippen LogP contribution in [0, 0.1) is 11.6 Å². The zero-order chi connectivity index (χ0) is 17.5. The number of hydrogen-bond donors (Lipinski definition) is 2. The van der Waals surface area contributed by atoms with Crippen molar-refractivity contribution < 1.29 is 26.4 Å². The molecule has 0 spiro atoms. The summed E-state index contributed by atoms with van der Waals surface area (Å²) >= 11 is 0. The molecule has 0 radical (unpaired) electrons. The Morgan fingerprint density at radius 3 is 2.46 bits per heavy atom. The second kappa shape index (κ2) is 5.60. The first kappa shape index (κ1) is 15.9. The molecule has 3 rings (SSSR count). The molecule has 1 amide bonds. The van der Waals surface area contributed by atoms with Crippen molar-refractivity contribution in [2.24, 2.45) is 5.73 Å². The highest BCUT2D eigenvalue weighted by Crippen LogP contribution is 2.32. The van der Waals surface area contributed by atoms with Crippen LogP contribution in [0.4, 0.5) is 14.5 Å². The second-order valence-corrected chi connectivity index (χ2v) is 6.53. The molecular weight excluding hydrogens is 342 g/mol. The third-order valence-electron chi connectivity index (χ3n) is 3.26. The number of fused-ring (bicyclic) bond motifs is 1. The summed E-state index contributed by atoms with van der Waals surface area (Å²) in [6.07, 6.45) is 0. The average Bonchev–Trinajstić information content (AvgIpc) is 2.88. The van der Waals surface area contributed by atoms with Crippen molar-refractivity contribution in [2.45, 2.75) is 4.90 Å². The number of carbonyl (C=O) groups excluding carboxylic acids is 1. The molecule has 0 bridgehead atoms. The number of furan rings is 1. The molecule has 9 heteroatoms. The van der Waals surface area contributed by atoms with Gasteiger partial charge in [-0.25, -0.2) is 17.2 Å². The summed E-state index contributed by atoms with van der Waals surface area (Å²) in [6, 6.07) is 8.40. The van der Waals surface area contributed by atoms with E-state index < -0.39 is 32.5 Å². The fraction of sp³-hybridized carbons (Fsp3) is 0. The Balaban J connectivity index is 2.13. The lowest BCUT2D eigenvalue weighted by Gasteiger charge is -2.08. The van der Waals surface area contributed by atoms with E-state index in [1.807, 2.05) is 0 Å². The first-order valence-electron chi connectivity index (χ1n) is 6.59. The highest BCUT2D eigenvalue weighted by Gasteiger charge is 2.24. The Morgan fingerprint density at radius 2 is 1.79 bits per heavy atom. The van der Waals surface area contributed by atoms with E-state index in [9.17, 15) is 22.0 Å². The molecule has 124 valence electrons. The van der Waals surface area contributed by atoms with Gasteiger partial charge in [0.25, 0.3) is 15.9 Å². The SMILES string of the molecule is NC(=O)c1oc2ccccc2c1NS(=O)(=O)c1ccc(F)c(F)c1. The van der Waals surface area contributed by atoms with Crippen molar-refractivity contribution in [3.8, 4) is 0 Å². The molecular formula is C15H10F2N2O4S. The number of benzene rings is 2. The maximum Gasteiger partial charge on any atom is 0.286 e. The molecule has 0 atom stereocenters. The normalized spacial score (nSPS) is 11.6. The average molecular weight is 352 g/mol. The summed E-state index contributed by atoms with van der Waals surface area (Å²) in [4.78, 5) is 11.0. The number of para-hydroxylation sites is 1. The number of carbonyl (C=O) groups is 1. The summed E-state index contributed by atoms with van der Waals surface area (Å²) < 4.78 is 58.4. The first-order chi connectivity index (χ1) is 11.3. The lowest BCUT2D eigenvalue weighted by Crippen LogP contribution is -2.17. The minimum atomic E-state index is -4.29. The van der Waals surface area contributed by atoms with Gasteiger partial charge in [0.2, 0.25) is 5.76 Å². The van der Waals surface area contributed by atoms with Crippen LogP contribution in [0.15, 0.2) is 51.8 Å². The molecule has 6 nitrogen and oxygen atoms in total. The van der Waals surface area contributed by atoms with Gasteiger partial charge in [-0.3, -0.25) is 9.52 Å². The van der Waals surface area contributed by atoms with Crippen molar-refractivity contribution in [2.75, 3.05) is 4.72 Å². The molecule has 2 aromatic carbocycles. The molecule has 24 heavy (non-hydrogen) atoms. The molecule has 0 fully saturated rings. The molecule has 1 aromatic heterocycles. The highest BCUT2D eigenvalue weighted by molar-refractivity contribution is 7.92. The van der Waals surface area contributed by atoms with E-state index in [2.05, 4.69) is 4.72 Å². The van der Waals surface area contributed by atoms with Gasteiger partial charge in [-0.2, -0.15) is 0 Å². The van der Waals surface area contributed by atoms with Crippen molar-refractivity contribution in [1.29, 1.82) is 0 Å². The Labute approximate surface area is 134 Å². The van der Waals surface area contributed by atoms with E-state index in [0.717, 1.165) is 6.07 Å². The maximum absolute atomic E-state index is 13.3. The van der Waals surface area contributed by atoms with Crippen LogP contribution in [-0.2, 0) is 10.0 Å². The predicted octanol–water partition coefficient (Wildman–Crippen LogP) is 2.61. The van der Waals surface area contributed by atoms with Crippen molar-refractivity contribution in [1.82, 2.24) is 0 Å². The molecule has 0 aliphatic rings. The van der Waals surface area contributed by atoms with E-state index in [-0.39, 0.29) is 17.0 Å². The third kappa shape index (κ3) is 2.69. The fourth-order valence-corrected chi connectivity index (χ4v) is 3.25. The van der Waals surface area contributed by atoms with Gasteiger partial charge in [0, 0.05) is 5.39 Å². The minimum absolute atomic E-state index is 0.164. The van der Waals surface area contributed by atoms with E-state index in [0.29, 0.717) is 17.5 Å². The van der Waals surface area contributed by atoms with Crippen molar-refractivity contribution in [3.63, 3.8) is 0 Å². The molecule has 0 aliphatic heterocycles. The van der Waals surface area contributed by atoms with Crippen LogP contribution < -0.4 is 10.5 Å². The van der Waals surface area contributed by atoms with Gasteiger partial charge in [0.05, 0.1) is 4.90 Å². The first-order valence-corrected chi connectivity index (χ1v) is 8.07. The molecule has 0 aliphatic carbocycles. The number of sulfonamides is 1. The molecule has 1 heterocycles. The number of rotatable bonds is 4. The standard InChI is InChI=1S/C15H10F2N2O4S/c16-10-6-5-8(7-11(10)17)24(21,22)19-13-9-3-1-2-4-12(9)23-14(13)15(18)20/h1-7,19H,(H2,18,20).